The summed E-state index contributed by atoms with van der Waals surface area (Å²) in [5, 5.41) is 6.15. The van der Waals surface area contributed by atoms with Crippen LogP contribution >= 0.6 is 12.4 Å². The van der Waals surface area contributed by atoms with Crippen molar-refractivity contribution in [2.75, 3.05) is 18.4 Å². The normalized spacial score (nSPS) is 19.5. The molecule has 0 aliphatic carbocycles. The van der Waals surface area contributed by atoms with E-state index in [2.05, 4.69) is 17.6 Å². The van der Waals surface area contributed by atoms with Crippen LogP contribution in [0.25, 0.3) is 0 Å². The number of carbonyl (C=O) groups excluding carboxylic acids is 1. The molecule has 1 aromatic carbocycles. The molecule has 2 unspecified atom stereocenters. The number of halogens is 2. The summed E-state index contributed by atoms with van der Waals surface area (Å²) in [6.07, 6.45) is 2.85. The molecular formula is C16H24ClFN2O. The monoisotopic (exact) mass is 314 g/mol. The van der Waals surface area contributed by atoms with Gasteiger partial charge in [0.1, 0.15) is 5.82 Å². The molecule has 1 aromatic rings. The number of amides is 1. The zero-order chi connectivity index (χ0) is 14.5. The van der Waals surface area contributed by atoms with Crippen LogP contribution < -0.4 is 10.6 Å². The van der Waals surface area contributed by atoms with Gasteiger partial charge >= 0.3 is 0 Å². The minimum Gasteiger partial charge on any atom is -0.326 e. The predicted octanol–water partition coefficient (Wildman–Crippen LogP) is 3.52. The highest BCUT2D eigenvalue weighted by atomic mass is 35.5. The Hall–Kier alpha value is -1.13. The van der Waals surface area contributed by atoms with Gasteiger partial charge in [0.25, 0.3) is 0 Å². The molecule has 2 atom stereocenters. The summed E-state index contributed by atoms with van der Waals surface area (Å²) >= 11 is 0. The molecule has 1 fully saturated rings. The van der Waals surface area contributed by atoms with Crippen LogP contribution in [0, 0.1) is 24.6 Å². The van der Waals surface area contributed by atoms with E-state index >= 15 is 0 Å². The first-order chi connectivity index (χ1) is 9.56. The van der Waals surface area contributed by atoms with Gasteiger partial charge in [-0.2, -0.15) is 0 Å². The van der Waals surface area contributed by atoms with Gasteiger partial charge < -0.3 is 10.6 Å². The number of anilines is 1. The van der Waals surface area contributed by atoms with E-state index in [0.717, 1.165) is 13.1 Å². The molecule has 0 radical (unpaired) electrons. The summed E-state index contributed by atoms with van der Waals surface area (Å²) in [6, 6.07) is 4.79. The predicted molar refractivity (Wildman–Crippen MR) is 86.4 cm³/mol. The third-order valence-electron chi connectivity index (χ3n) is 4.10. The van der Waals surface area contributed by atoms with Gasteiger partial charge in [0.05, 0.1) is 0 Å². The van der Waals surface area contributed by atoms with E-state index in [0.29, 0.717) is 29.5 Å². The second kappa shape index (κ2) is 8.35. The van der Waals surface area contributed by atoms with Crippen LogP contribution in [0.2, 0.25) is 0 Å². The zero-order valence-electron chi connectivity index (χ0n) is 12.6. The Bertz CT molecular complexity index is 475. The van der Waals surface area contributed by atoms with Crippen molar-refractivity contribution in [1.82, 2.24) is 5.32 Å². The van der Waals surface area contributed by atoms with Crippen LogP contribution in [0.3, 0.4) is 0 Å². The molecule has 21 heavy (non-hydrogen) atoms. The summed E-state index contributed by atoms with van der Waals surface area (Å²) in [7, 11) is 0. The minimum atomic E-state index is -0.285. The molecule has 1 aliphatic heterocycles. The molecule has 2 rings (SSSR count). The highest BCUT2D eigenvalue weighted by molar-refractivity contribution is 5.90. The maximum Gasteiger partial charge on any atom is 0.224 e. The lowest BCUT2D eigenvalue weighted by atomic mass is 9.85. The van der Waals surface area contributed by atoms with Gasteiger partial charge in [0.2, 0.25) is 5.91 Å². The fourth-order valence-corrected chi connectivity index (χ4v) is 2.71. The number of benzene rings is 1. The van der Waals surface area contributed by atoms with E-state index < -0.39 is 0 Å². The summed E-state index contributed by atoms with van der Waals surface area (Å²) < 4.78 is 13.4. The van der Waals surface area contributed by atoms with Crippen molar-refractivity contribution in [3.8, 4) is 0 Å². The van der Waals surface area contributed by atoms with Crippen LogP contribution in [0.1, 0.15) is 31.7 Å². The summed E-state index contributed by atoms with van der Waals surface area (Å²) in [5.74, 6) is 0.584. The number of rotatable bonds is 4. The molecule has 2 N–H and O–H groups in total. The van der Waals surface area contributed by atoms with Crippen molar-refractivity contribution >= 4 is 24.0 Å². The Balaban J connectivity index is 0.00000220. The number of hydrogen-bond donors (Lipinski definition) is 2. The smallest absolute Gasteiger partial charge is 0.224 e. The number of hydrogen-bond acceptors (Lipinski definition) is 2. The second-order valence-electron chi connectivity index (χ2n) is 5.80. The van der Waals surface area contributed by atoms with Crippen molar-refractivity contribution < 1.29 is 9.18 Å². The topological polar surface area (TPSA) is 41.1 Å². The van der Waals surface area contributed by atoms with Gasteiger partial charge in [-0.05, 0) is 62.4 Å². The van der Waals surface area contributed by atoms with E-state index in [-0.39, 0.29) is 24.1 Å². The Morgan fingerprint density at radius 2 is 2.29 bits per heavy atom. The van der Waals surface area contributed by atoms with E-state index in [1.54, 1.807) is 19.1 Å². The Kier molecular flexibility index (Phi) is 7.12. The molecule has 1 amide bonds. The highest BCUT2D eigenvalue weighted by Gasteiger charge is 2.22. The van der Waals surface area contributed by atoms with Crippen LogP contribution in [0.5, 0.6) is 0 Å². The van der Waals surface area contributed by atoms with Gasteiger partial charge in [-0.1, -0.05) is 13.0 Å². The van der Waals surface area contributed by atoms with Crippen molar-refractivity contribution in [2.24, 2.45) is 11.8 Å². The molecule has 5 heteroatoms. The standard InChI is InChI=1S/C16H23FN2O.ClH/c1-11-5-6-14(9-15(11)17)19-16(20)8-12(2)13-4-3-7-18-10-13;/h5-6,9,12-13,18H,3-4,7-8,10H2,1-2H3,(H,19,20);1H. The maximum absolute atomic E-state index is 13.4. The molecule has 1 saturated heterocycles. The third-order valence-corrected chi connectivity index (χ3v) is 4.10. The second-order valence-corrected chi connectivity index (χ2v) is 5.80. The SMILES string of the molecule is Cc1ccc(NC(=O)CC(C)C2CCCNC2)cc1F.Cl. The van der Waals surface area contributed by atoms with Crippen molar-refractivity contribution in [3.63, 3.8) is 0 Å². The van der Waals surface area contributed by atoms with Crippen LogP contribution in [0.15, 0.2) is 18.2 Å². The molecule has 0 saturated carbocycles. The van der Waals surface area contributed by atoms with Crippen LogP contribution in [0.4, 0.5) is 10.1 Å². The Morgan fingerprint density at radius 1 is 1.52 bits per heavy atom. The van der Waals surface area contributed by atoms with Gasteiger partial charge in [-0.25, -0.2) is 4.39 Å². The summed E-state index contributed by atoms with van der Waals surface area (Å²) in [4.78, 5) is 12.0. The molecule has 1 aliphatic rings. The van der Waals surface area contributed by atoms with Gasteiger partial charge in [0.15, 0.2) is 0 Å². The van der Waals surface area contributed by atoms with E-state index in [1.807, 2.05) is 0 Å². The fraction of sp³-hybridized carbons (Fsp3) is 0.562. The number of aryl methyl sites for hydroxylation is 1. The largest absolute Gasteiger partial charge is 0.326 e. The minimum absolute atomic E-state index is 0. The van der Waals surface area contributed by atoms with Crippen LogP contribution in [-0.4, -0.2) is 19.0 Å². The fourth-order valence-electron chi connectivity index (χ4n) is 2.71. The summed E-state index contributed by atoms with van der Waals surface area (Å²) in [6.45, 7) is 5.90. The van der Waals surface area contributed by atoms with E-state index in [4.69, 9.17) is 0 Å². The lowest BCUT2D eigenvalue weighted by Crippen LogP contribution is -2.34. The van der Waals surface area contributed by atoms with Crippen LogP contribution in [-0.2, 0) is 4.79 Å². The zero-order valence-corrected chi connectivity index (χ0v) is 13.4. The number of nitrogens with one attached hydrogen (secondary N) is 2. The van der Waals surface area contributed by atoms with Gasteiger partial charge in [0, 0.05) is 12.1 Å². The molecule has 0 bridgehead atoms. The average molecular weight is 315 g/mol. The molecule has 0 aromatic heterocycles. The average Bonchev–Trinajstić information content (AvgIpc) is 2.44. The third kappa shape index (κ3) is 5.29. The van der Waals surface area contributed by atoms with Crippen molar-refractivity contribution in [3.05, 3.63) is 29.6 Å². The molecule has 1 heterocycles. The lowest BCUT2D eigenvalue weighted by Gasteiger charge is -2.28. The Morgan fingerprint density at radius 3 is 2.90 bits per heavy atom. The molecular weight excluding hydrogens is 291 g/mol. The van der Waals surface area contributed by atoms with E-state index in [9.17, 15) is 9.18 Å². The Labute approximate surface area is 132 Å². The van der Waals surface area contributed by atoms with E-state index in [1.165, 1.54) is 18.9 Å². The number of carbonyl (C=O) groups is 1. The maximum atomic E-state index is 13.4. The van der Waals surface area contributed by atoms with Gasteiger partial charge in [-0.15, -0.1) is 12.4 Å². The number of piperidine rings is 1. The highest BCUT2D eigenvalue weighted by Crippen LogP contribution is 2.23. The van der Waals surface area contributed by atoms with Crippen molar-refractivity contribution in [2.45, 2.75) is 33.1 Å². The molecule has 0 spiro atoms. The van der Waals surface area contributed by atoms with Crippen molar-refractivity contribution in [1.29, 1.82) is 0 Å². The lowest BCUT2D eigenvalue weighted by molar-refractivity contribution is -0.117. The molecule has 118 valence electrons. The first kappa shape index (κ1) is 17.9. The summed E-state index contributed by atoms with van der Waals surface area (Å²) in [5.41, 5.74) is 1.12. The first-order valence-corrected chi connectivity index (χ1v) is 7.33. The van der Waals surface area contributed by atoms with Gasteiger partial charge in [-0.3, -0.25) is 4.79 Å². The quantitative estimate of drug-likeness (QED) is 0.893. The first-order valence-electron chi connectivity index (χ1n) is 7.33. The molecule has 3 nitrogen and oxygen atoms in total.